The van der Waals surface area contributed by atoms with Gasteiger partial charge in [-0.25, -0.2) is 0 Å². The van der Waals surface area contributed by atoms with Gasteiger partial charge in [0.2, 0.25) is 0 Å². The minimum absolute atomic E-state index is 0.322. The summed E-state index contributed by atoms with van der Waals surface area (Å²) in [7, 11) is 0. The molecule has 0 bridgehead atoms. The van der Waals surface area contributed by atoms with Crippen molar-refractivity contribution in [2.45, 2.75) is 6.18 Å². The van der Waals surface area contributed by atoms with E-state index in [-0.39, 0.29) is 0 Å². The van der Waals surface area contributed by atoms with E-state index in [0.29, 0.717) is 21.6 Å². The van der Waals surface area contributed by atoms with Crippen LogP contribution < -0.4 is 5.32 Å². The fraction of sp³-hybridized carbons (Fsp3) is 0.182. The highest BCUT2D eigenvalue weighted by atomic mass is 35.5. The summed E-state index contributed by atoms with van der Waals surface area (Å²) in [6, 6.07) is 6.43. The second kappa shape index (κ2) is 4.41. The zero-order chi connectivity index (χ0) is 12.5. The van der Waals surface area contributed by atoms with Crippen LogP contribution in [0.5, 0.6) is 0 Å². The lowest BCUT2D eigenvalue weighted by Crippen LogP contribution is -2.21. The van der Waals surface area contributed by atoms with Crippen LogP contribution in [0.15, 0.2) is 30.5 Å². The molecule has 0 radical (unpaired) electrons. The van der Waals surface area contributed by atoms with Gasteiger partial charge in [0.25, 0.3) is 0 Å². The first kappa shape index (κ1) is 12.0. The van der Waals surface area contributed by atoms with Crippen LogP contribution in [0.3, 0.4) is 0 Å². The molecule has 0 aliphatic heterocycles. The molecule has 1 aromatic carbocycles. The largest absolute Gasteiger partial charge is 0.405 e. The van der Waals surface area contributed by atoms with Crippen LogP contribution in [-0.2, 0) is 0 Å². The van der Waals surface area contributed by atoms with Crippen molar-refractivity contribution < 1.29 is 13.2 Å². The van der Waals surface area contributed by atoms with Crippen LogP contribution in [0.1, 0.15) is 0 Å². The molecule has 17 heavy (non-hydrogen) atoms. The number of alkyl halides is 3. The summed E-state index contributed by atoms with van der Waals surface area (Å²) in [6.07, 6.45) is -2.75. The smallest absolute Gasteiger partial charge is 0.375 e. The Morgan fingerprint density at radius 2 is 2.00 bits per heavy atom. The van der Waals surface area contributed by atoms with Crippen molar-refractivity contribution in [2.24, 2.45) is 0 Å². The maximum atomic E-state index is 12.1. The highest BCUT2D eigenvalue weighted by Gasteiger charge is 2.26. The Hall–Kier alpha value is -1.49. The second-order valence-electron chi connectivity index (χ2n) is 3.46. The average Bonchev–Trinajstić information content (AvgIpc) is 2.27. The van der Waals surface area contributed by atoms with Gasteiger partial charge in [0.05, 0.1) is 16.2 Å². The Kier molecular flexibility index (Phi) is 3.11. The number of halogens is 4. The third kappa shape index (κ3) is 2.79. The Morgan fingerprint density at radius 3 is 2.71 bits per heavy atom. The molecular weight excluding hydrogens is 253 g/mol. The fourth-order valence-electron chi connectivity index (χ4n) is 1.48. The van der Waals surface area contributed by atoms with Crippen molar-refractivity contribution in [3.8, 4) is 0 Å². The van der Waals surface area contributed by atoms with Gasteiger partial charge in [-0.05, 0) is 24.3 Å². The van der Waals surface area contributed by atoms with Crippen molar-refractivity contribution >= 4 is 28.2 Å². The van der Waals surface area contributed by atoms with Gasteiger partial charge in [-0.2, -0.15) is 13.2 Å². The molecule has 0 saturated heterocycles. The number of anilines is 1. The molecular formula is C11H8ClF3N2. The first-order chi connectivity index (χ1) is 7.97. The quantitative estimate of drug-likeness (QED) is 0.887. The monoisotopic (exact) mass is 260 g/mol. The van der Waals surface area contributed by atoms with E-state index in [1.807, 2.05) is 0 Å². The zero-order valence-corrected chi connectivity index (χ0v) is 9.31. The second-order valence-corrected chi connectivity index (χ2v) is 3.87. The van der Waals surface area contributed by atoms with Crippen LogP contribution in [0.2, 0.25) is 5.02 Å². The van der Waals surface area contributed by atoms with E-state index in [0.717, 1.165) is 0 Å². The Balaban J connectivity index is 2.38. The van der Waals surface area contributed by atoms with Gasteiger partial charge in [-0.15, -0.1) is 0 Å². The molecule has 1 heterocycles. The predicted molar refractivity (Wildman–Crippen MR) is 61.3 cm³/mol. The van der Waals surface area contributed by atoms with Crippen LogP contribution in [0.4, 0.5) is 18.9 Å². The van der Waals surface area contributed by atoms with Crippen LogP contribution in [-0.4, -0.2) is 17.7 Å². The predicted octanol–water partition coefficient (Wildman–Crippen LogP) is 3.86. The number of hydrogen-bond donors (Lipinski definition) is 1. The molecule has 2 nitrogen and oxygen atoms in total. The van der Waals surface area contributed by atoms with Gasteiger partial charge in [0.15, 0.2) is 0 Å². The van der Waals surface area contributed by atoms with Gasteiger partial charge >= 0.3 is 6.18 Å². The summed E-state index contributed by atoms with van der Waals surface area (Å²) in [5.41, 5.74) is 0.756. The molecule has 6 heteroatoms. The number of benzene rings is 1. The molecule has 2 rings (SSSR count). The van der Waals surface area contributed by atoms with E-state index >= 15 is 0 Å². The van der Waals surface area contributed by atoms with Gasteiger partial charge in [-0.3, -0.25) is 4.98 Å². The SMILES string of the molecule is FC(F)(F)CNc1ccc(Cl)c2cccnc12. The van der Waals surface area contributed by atoms with E-state index in [1.165, 1.54) is 12.3 Å². The normalized spacial score (nSPS) is 11.8. The molecule has 90 valence electrons. The molecule has 0 amide bonds. The van der Waals surface area contributed by atoms with Crippen molar-refractivity contribution in [1.82, 2.24) is 4.98 Å². The van der Waals surface area contributed by atoms with Crippen molar-refractivity contribution in [1.29, 1.82) is 0 Å². The summed E-state index contributed by atoms with van der Waals surface area (Å²) in [5.74, 6) is 0. The lowest BCUT2D eigenvalue weighted by atomic mass is 10.2. The first-order valence-corrected chi connectivity index (χ1v) is 5.19. The number of hydrogen-bond acceptors (Lipinski definition) is 2. The summed E-state index contributed by atoms with van der Waals surface area (Å²) in [4.78, 5) is 4.03. The summed E-state index contributed by atoms with van der Waals surface area (Å²) in [5, 5.41) is 3.40. The van der Waals surface area contributed by atoms with E-state index in [9.17, 15) is 13.2 Å². The fourth-order valence-corrected chi connectivity index (χ4v) is 1.69. The minimum atomic E-state index is -4.26. The van der Waals surface area contributed by atoms with Crippen LogP contribution in [0, 0.1) is 0 Å². The highest BCUT2D eigenvalue weighted by Crippen LogP contribution is 2.28. The van der Waals surface area contributed by atoms with Crippen LogP contribution >= 0.6 is 11.6 Å². The van der Waals surface area contributed by atoms with E-state index in [1.54, 1.807) is 18.2 Å². The lowest BCUT2D eigenvalue weighted by Gasteiger charge is -2.11. The van der Waals surface area contributed by atoms with Gasteiger partial charge in [-0.1, -0.05) is 11.6 Å². The third-order valence-electron chi connectivity index (χ3n) is 2.20. The molecule has 0 fully saturated rings. The molecule has 0 atom stereocenters. The maximum Gasteiger partial charge on any atom is 0.405 e. The summed E-state index contributed by atoms with van der Waals surface area (Å²) in [6.45, 7) is -1.10. The Bertz CT molecular complexity index is 540. The number of nitrogens with zero attached hydrogens (tertiary/aromatic N) is 1. The van der Waals surface area contributed by atoms with Gasteiger partial charge < -0.3 is 5.32 Å². The average molecular weight is 261 g/mol. The maximum absolute atomic E-state index is 12.1. The van der Waals surface area contributed by atoms with Gasteiger partial charge in [0.1, 0.15) is 6.54 Å². The minimum Gasteiger partial charge on any atom is -0.375 e. The first-order valence-electron chi connectivity index (χ1n) is 4.81. The molecule has 1 aromatic heterocycles. The zero-order valence-electron chi connectivity index (χ0n) is 8.55. The van der Waals surface area contributed by atoms with Crippen molar-refractivity contribution in [2.75, 3.05) is 11.9 Å². The molecule has 1 N–H and O–H groups in total. The van der Waals surface area contributed by atoms with Crippen molar-refractivity contribution in [3.05, 3.63) is 35.5 Å². The third-order valence-corrected chi connectivity index (χ3v) is 2.53. The molecule has 0 saturated carbocycles. The van der Waals surface area contributed by atoms with Gasteiger partial charge in [0, 0.05) is 11.6 Å². The Morgan fingerprint density at radius 1 is 1.24 bits per heavy atom. The number of rotatable bonds is 2. The summed E-state index contributed by atoms with van der Waals surface area (Å²) < 4.78 is 36.3. The van der Waals surface area contributed by atoms with E-state index < -0.39 is 12.7 Å². The van der Waals surface area contributed by atoms with E-state index in [4.69, 9.17) is 11.6 Å². The van der Waals surface area contributed by atoms with Crippen molar-refractivity contribution in [3.63, 3.8) is 0 Å². The Labute approximate surface area is 100 Å². The lowest BCUT2D eigenvalue weighted by molar-refractivity contribution is -0.115. The number of fused-ring (bicyclic) bond motifs is 1. The molecule has 0 spiro atoms. The molecule has 2 aromatic rings. The number of pyridine rings is 1. The molecule has 0 aliphatic carbocycles. The number of nitrogens with one attached hydrogen (secondary N) is 1. The topological polar surface area (TPSA) is 24.9 Å². The van der Waals surface area contributed by atoms with E-state index in [2.05, 4.69) is 10.3 Å². The number of aromatic nitrogens is 1. The molecule has 0 unspecified atom stereocenters. The standard InChI is InChI=1S/C11H8ClF3N2/c12-8-3-4-9(17-6-11(13,14)15)10-7(8)2-1-5-16-10/h1-5,17H,6H2. The highest BCUT2D eigenvalue weighted by molar-refractivity contribution is 6.35. The summed E-state index contributed by atoms with van der Waals surface area (Å²) >= 11 is 5.93. The molecule has 0 aliphatic rings. The van der Waals surface area contributed by atoms with Crippen LogP contribution in [0.25, 0.3) is 10.9 Å².